The molecule has 0 aromatic carbocycles. The Kier molecular flexibility index (Phi) is 6.02. The highest BCUT2D eigenvalue weighted by molar-refractivity contribution is 7.98. The van der Waals surface area contributed by atoms with Crippen molar-refractivity contribution in [2.75, 3.05) is 31.6 Å². The van der Waals surface area contributed by atoms with Gasteiger partial charge in [-0.15, -0.1) is 0 Å². The minimum Gasteiger partial charge on any atom is -0.311 e. The average Bonchev–Trinajstić information content (AvgIpc) is 2.26. The van der Waals surface area contributed by atoms with Crippen molar-refractivity contribution in [1.29, 1.82) is 0 Å². The van der Waals surface area contributed by atoms with Crippen LogP contribution in [0.25, 0.3) is 0 Å². The van der Waals surface area contributed by atoms with Crippen molar-refractivity contribution in [3.8, 4) is 0 Å². The zero-order valence-corrected chi connectivity index (χ0v) is 11.4. The second-order valence-corrected chi connectivity index (χ2v) is 5.73. The molecule has 90 valence electrons. The molecular weight excluding hydrogens is 204 g/mol. The van der Waals surface area contributed by atoms with E-state index in [9.17, 15) is 0 Å². The fourth-order valence-electron chi connectivity index (χ4n) is 2.25. The van der Waals surface area contributed by atoms with Crippen molar-refractivity contribution in [3.05, 3.63) is 0 Å². The Labute approximate surface area is 99.2 Å². The van der Waals surface area contributed by atoms with Crippen LogP contribution >= 0.6 is 11.8 Å². The average molecular weight is 230 g/mol. The van der Waals surface area contributed by atoms with Gasteiger partial charge in [0.15, 0.2) is 0 Å². The smallest absolute Gasteiger partial charge is 0.0218 e. The summed E-state index contributed by atoms with van der Waals surface area (Å²) < 4.78 is 0. The van der Waals surface area contributed by atoms with Gasteiger partial charge in [0.05, 0.1) is 0 Å². The van der Waals surface area contributed by atoms with Crippen molar-refractivity contribution < 1.29 is 0 Å². The van der Waals surface area contributed by atoms with Crippen LogP contribution in [0.5, 0.6) is 0 Å². The predicted octanol–water partition coefficient (Wildman–Crippen LogP) is 2.06. The van der Waals surface area contributed by atoms with Gasteiger partial charge in [-0.05, 0) is 18.6 Å². The molecule has 0 aromatic rings. The summed E-state index contributed by atoms with van der Waals surface area (Å²) in [7, 11) is 0. The van der Waals surface area contributed by atoms with Gasteiger partial charge in [0.1, 0.15) is 0 Å². The second kappa shape index (κ2) is 6.77. The van der Waals surface area contributed by atoms with Crippen LogP contribution in [0.4, 0.5) is 0 Å². The Bertz CT molecular complexity index is 173. The van der Waals surface area contributed by atoms with Gasteiger partial charge >= 0.3 is 0 Å². The largest absolute Gasteiger partial charge is 0.311 e. The highest BCUT2D eigenvalue weighted by Crippen LogP contribution is 2.15. The Hall–Kier alpha value is 0.270. The van der Waals surface area contributed by atoms with Crippen molar-refractivity contribution >= 4 is 11.8 Å². The molecule has 0 radical (unpaired) electrons. The number of hydrogen-bond donors (Lipinski definition) is 1. The molecule has 1 aliphatic rings. The molecule has 0 bridgehead atoms. The molecule has 1 fully saturated rings. The monoisotopic (exact) mass is 230 g/mol. The van der Waals surface area contributed by atoms with Crippen LogP contribution in [-0.2, 0) is 0 Å². The summed E-state index contributed by atoms with van der Waals surface area (Å²) in [6.45, 7) is 10.6. The number of nitrogens with zero attached hydrogens (tertiary/aromatic N) is 1. The lowest BCUT2D eigenvalue weighted by molar-refractivity contribution is 0.134. The zero-order valence-electron chi connectivity index (χ0n) is 10.6. The number of nitrogens with one attached hydrogen (secondary N) is 1. The van der Waals surface area contributed by atoms with Crippen molar-refractivity contribution in [2.24, 2.45) is 5.92 Å². The van der Waals surface area contributed by atoms with E-state index in [1.165, 1.54) is 25.3 Å². The van der Waals surface area contributed by atoms with Crippen LogP contribution < -0.4 is 5.32 Å². The minimum atomic E-state index is 0.689. The molecule has 2 nitrogen and oxygen atoms in total. The molecule has 0 aliphatic carbocycles. The van der Waals surface area contributed by atoms with Crippen LogP contribution in [0.15, 0.2) is 0 Å². The second-order valence-electron chi connectivity index (χ2n) is 4.82. The number of hydrogen-bond acceptors (Lipinski definition) is 3. The highest BCUT2D eigenvalue weighted by Gasteiger charge is 2.25. The molecular formula is C12H26N2S. The fraction of sp³-hybridized carbons (Fsp3) is 1.00. The Morgan fingerprint density at radius 2 is 2.20 bits per heavy atom. The minimum absolute atomic E-state index is 0.689. The van der Waals surface area contributed by atoms with Gasteiger partial charge in [0.2, 0.25) is 0 Å². The van der Waals surface area contributed by atoms with Gasteiger partial charge in [0, 0.05) is 37.5 Å². The summed E-state index contributed by atoms with van der Waals surface area (Å²) in [6.07, 6.45) is 3.50. The van der Waals surface area contributed by atoms with E-state index in [4.69, 9.17) is 0 Å². The number of piperazine rings is 1. The maximum Gasteiger partial charge on any atom is 0.0218 e. The lowest BCUT2D eigenvalue weighted by Gasteiger charge is -2.40. The first kappa shape index (κ1) is 13.3. The van der Waals surface area contributed by atoms with E-state index in [0.29, 0.717) is 6.04 Å². The zero-order chi connectivity index (χ0) is 11.3. The summed E-state index contributed by atoms with van der Waals surface area (Å²) in [5.74, 6) is 2.03. The van der Waals surface area contributed by atoms with E-state index < -0.39 is 0 Å². The first-order valence-electron chi connectivity index (χ1n) is 6.15. The molecule has 1 aliphatic heterocycles. The molecule has 0 spiro atoms. The fourth-order valence-corrected chi connectivity index (χ4v) is 3.09. The Morgan fingerprint density at radius 3 is 2.73 bits per heavy atom. The van der Waals surface area contributed by atoms with Gasteiger partial charge in [-0.2, -0.15) is 11.8 Å². The molecule has 0 aromatic heterocycles. The lowest BCUT2D eigenvalue weighted by Crippen LogP contribution is -2.56. The van der Waals surface area contributed by atoms with Crippen LogP contribution in [-0.4, -0.2) is 48.6 Å². The van der Waals surface area contributed by atoms with Gasteiger partial charge in [-0.3, -0.25) is 4.90 Å². The van der Waals surface area contributed by atoms with Gasteiger partial charge < -0.3 is 5.32 Å². The molecule has 2 atom stereocenters. The van der Waals surface area contributed by atoms with Crippen LogP contribution in [0.3, 0.4) is 0 Å². The molecule has 15 heavy (non-hydrogen) atoms. The van der Waals surface area contributed by atoms with E-state index in [2.05, 4.69) is 37.2 Å². The molecule has 1 heterocycles. The van der Waals surface area contributed by atoms with Crippen molar-refractivity contribution in [2.45, 2.75) is 39.3 Å². The molecule has 0 amide bonds. The Morgan fingerprint density at radius 1 is 1.47 bits per heavy atom. The van der Waals surface area contributed by atoms with E-state index in [1.807, 2.05) is 11.8 Å². The van der Waals surface area contributed by atoms with Gasteiger partial charge in [-0.25, -0.2) is 0 Å². The standard InChI is InChI=1S/C12H26N2S/c1-5-11(9-15-4)14-7-6-13-12(8-14)10(2)3/h10-13H,5-9H2,1-4H3. The van der Waals surface area contributed by atoms with E-state index >= 15 is 0 Å². The van der Waals surface area contributed by atoms with E-state index in [0.717, 1.165) is 18.5 Å². The highest BCUT2D eigenvalue weighted by atomic mass is 32.2. The summed E-state index contributed by atoms with van der Waals surface area (Å²) in [5, 5.41) is 3.62. The summed E-state index contributed by atoms with van der Waals surface area (Å²) in [4.78, 5) is 2.68. The first-order chi connectivity index (χ1) is 7.19. The third kappa shape index (κ3) is 3.97. The van der Waals surface area contributed by atoms with Crippen molar-refractivity contribution in [1.82, 2.24) is 10.2 Å². The predicted molar refractivity (Wildman–Crippen MR) is 70.7 cm³/mol. The Balaban J connectivity index is 2.46. The van der Waals surface area contributed by atoms with Gasteiger partial charge in [-0.1, -0.05) is 20.8 Å². The first-order valence-corrected chi connectivity index (χ1v) is 7.54. The van der Waals surface area contributed by atoms with Crippen molar-refractivity contribution in [3.63, 3.8) is 0 Å². The SMILES string of the molecule is CCC(CSC)N1CCNC(C(C)C)C1. The maximum absolute atomic E-state index is 3.62. The molecule has 0 saturated carbocycles. The third-order valence-corrected chi connectivity index (χ3v) is 4.11. The molecule has 1 rings (SSSR count). The summed E-state index contributed by atoms with van der Waals surface area (Å²) in [5.41, 5.74) is 0. The lowest BCUT2D eigenvalue weighted by atomic mass is 10.0. The molecule has 3 heteroatoms. The van der Waals surface area contributed by atoms with E-state index in [1.54, 1.807) is 0 Å². The maximum atomic E-state index is 3.62. The third-order valence-electron chi connectivity index (χ3n) is 3.39. The van der Waals surface area contributed by atoms with Crippen LogP contribution in [0.2, 0.25) is 0 Å². The normalized spacial score (nSPS) is 25.8. The van der Waals surface area contributed by atoms with E-state index in [-0.39, 0.29) is 0 Å². The summed E-state index contributed by atoms with van der Waals surface area (Å²) >= 11 is 1.98. The molecule has 1 N–H and O–H groups in total. The van der Waals surface area contributed by atoms with Gasteiger partial charge in [0.25, 0.3) is 0 Å². The topological polar surface area (TPSA) is 15.3 Å². The van der Waals surface area contributed by atoms with Crippen LogP contribution in [0, 0.1) is 5.92 Å². The molecule has 1 saturated heterocycles. The molecule has 2 unspecified atom stereocenters. The number of rotatable bonds is 5. The van der Waals surface area contributed by atoms with Crippen LogP contribution in [0.1, 0.15) is 27.2 Å². The summed E-state index contributed by atoms with van der Waals surface area (Å²) in [6, 6.07) is 1.47. The quantitative estimate of drug-likeness (QED) is 0.778. The number of thioether (sulfide) groups is 1.